The van der Waals surface area contributed by atoms with E-state index < -0.39 is 23.4 Å². The molecule has 0 unspecified atom stereocenters. The number of aromatic nitrogens is 2. The van der Waals surface area contributed by atoms with Crippen molar-refractivity contribution in [3.63, 3.8) is 0 Å². The van der Waals surface area contributed by atoms with Crippen molar-refractivity contribution in [1.29, 1.82) is 0 Å². The molecule has 1 amide bonds. The first-order valence-electron chi connectivity index (χ1n) is 9.28. The molecule has 0 bridgehead atoms. The van der Waals surface area contributed by atoms with Crippen molar-refractivity contribution in [2.24, 2.45) is 0 Å². The number of hydrogen-bond donors (Lipinski definition) is 1. The van der Waals surface area contributed by atoms with Gasteiger partial charge in [0.1, 0.15) is 24.1 Å². The molecule has 4 aromatic rings. The molecule has 31 heavy (non-hydrogen) atoms. The summed E-state index contributed by atoms with van der Waals surface area (Å²) in [5, 5.41) is 6.60. The van der Waals surface area contributed by atoms with Gasteiger partial charge in [-0.1, -0.05) is 30.3 Å². The fourth-order valence-electron chi connectivity index (χ4n) is 2.85. The maximum absolute atomic E-state index is 14.0. The Morgan fingerprint density at radius 2 is 1.65 bits per heavy atom. The Morgan fingerprint density at radius 1 is 0.935 bits per heavy atom. The first-order chi connectivity index (χ1) is 15.0. The van der Waals surface area contributed by atoms with Crippen LogP contribution in [0.5, 0.6) is 5.75 Å². The molecule has 4 rings (SSSR count). The van der Waals surface area contributed by atoms with Crippen LogP contribution in [0.3, 0.4) is 0 Å². The van der Waals surface area contributed by atoms with Gasteiger partial charge in [-0.05, 0) is 42.0 Å². The number of carbonyl (C=O) groups is 1. The lowest BCUT2D eigenvalue weighted by Crippen LogP contribution is -2.15. The maximum Gasteiger partial charge on any atom is 0.280 e. The highest BCUT2D eigenvalue weighted by molar-refractivity contribution is 6.04. The summed E-state index contributed by atoms with van der Waals surface area (Å²) in [6.07, 6.45) is 1.48. The number of amides is 1. The lowest BCUT2D eigenvalue weighted by atomic mass is 10.2. The molecule has 0 atom stereocenters. The van der Waals surface area contributed by atoms with Crippen LogP contribution in [0, 0.1) is 17.5 Å². The summed E-state index contributed by atoms with van der Waals surface area (Å²) >= 11 is 0. The minimum Gasteiger partial charge on any atom is -0.485 e. The highest BCUT2D eigenvalue weighted by Gasteiger charge is 2.21. The lowest BCUT2D eigenvalue weighted by Gasteiger charge is -2.08. The Labute approximate surface area is 175 Å². The Hall–Kier alpha value is -4.07. The van der Waals surface area contributed by atoms with Crippen molar-refractivity contribution in [2.75, 3.05) is 5.32 Å². The highest BCUT2D eigenvalue weighted by Crippen LogP contribution is 2.24. The molecular weight excluding hydrogens is 407 g/mol. The fraction of sp³-hybridized carbons (Fsp3) is 0.0435. The van der Waals surface area contributed by atoms with Crippen molar-refractivity contribution in [3.8, 4) is 11.4 Å². The average Bonchev–Trinajstić information content (AvgIpc) is 3.20. The van der Waals surface area contributed by atoms with E-state index in [2.05, 4.69) is 10.4 Å². The molecule has 0 spiro atoms. The van der Waals surface area contributed by atoms with Crippen LogP contribution < -0.4 is 10.1 Å². The number of carbonyl (C=O) groups excluding carboxylic acids is 1. The van der Waals surface area contributed by atoms with E-state index in [0.717, 1.165) is 17.7 Å². The summed E-state index contributed by atoms with van der Waals surface area (Å²) in [6, 6.07) is 17.6. The van der Waals surface area contributed by atoms with Crippen LogP contribution in [0.25, 0.3) is 5.69 Å². The molecule has 0 radical (unpaired) electrons. The van der Waals surface area contributed by atoms with E-state index >= 15 is 0 Å². The van der Waals surface area contributed by atoms with E-state index in [9.17, 15) is 18.0 Å². The SMILES string of the molecule is O=C(Nc1ccc(F)cc1F)c1nn(-c2ccc(F)cc2)cc1OCc1ccccc1. The zero-order chi connectivity index (χ0) is 21.8. The smallest absolute Gasteiger partial charge is 0.280 e. The molecule has 1 aromatic heterocycles. The summed E-state index contributed by atoms with van der Waals surface area (Å²) in [5.74, 6) is -2.69. The number of nitrogens with zero attached hydrogens (tertiary/aromatic N) is 2. The molecule has 3 aromatic carbocycles. The van der Waals surface area contributed by atoms with Crippen LogP contribution in [0.4, 0.5) is 18.9 Å². The summed E-state index contributed by atoms with van der Waals surface area (Å²) in [6.45, 7) is 0.168. The van der Waals surface area contributed by atoms with Crippen molar-refractivity contribution < 1.29 is 22.7 Å². The van der Waals surface area contributed by atoms with Gasteiger partial charge < -0.3 is 10.1 Å². The molecule has 8 heteroatoms. The van der Waals surface area contributed by atoms with Gasteiger partial charge in [-0.2, -0.15) is 5.10 Å². The number of nitrogens with one attached hydrogen (secondary N) is 1. The molecular formula is C23H16F3N3O2. The molecule has 156 valence electrons. The zero-order valence-corrected chi connectivity index (χ0v) is 16.1. The predicted octanol–water partition coefficient (Wildman–Crippen LogP) is 5.12. The molecule has 0 aliphatic carbocycles. The molecule has 0 saturated carbocycles. The molecule has 0 fully saturated rings. The van der Waals surface area contributed by atoms with Crippen LogP contribution in [0.2, 0.25) is 0 Å². The van der Waals surface area contributed by atoms with Gasteiger partial charge in [-0.3, -0.25) is 4.79 Å². The van der Waals surface area contributed by atoms with Gasteiger partial charge in [0.15, 0.2) is 11.4 Å². The number of anilines is 1. The van der Waals surface area contributed by atoms with Crippen LogP contribution >= 0.6 is 0 Å². The van der Waals surface area contributed by atoms with E-state index in [1.165, 1.54) is 35.1 Å². The first kappa shape index (κ1) is 20.2. The first-order valence-corrected chi connectivity index (χ1v) is 9.28. The Morgan fingerprint density at radius 3 is 2.35 bits per heavy atom. The standard InChI is InChI=1S/C23H16F3N3O2/c24-16-6-9-18(10-7-16)29-13-21(31-14-15-4-2-1-3-5-15)22(28-29)23(30)27-20-11-8-17(25)12-19(20)26/h1-13H,14H2,(H,27,30). The van der Waals surface area contributed by atoms with Crippen molar-refractivity contribution in [1.82, 2.24) is 9.78 Å². The second-order valence-electron chi connectivity index (χ2n) is 6.62. The molecule has 5 nitrogen and oxygen atoms in total. The van der Waals surface area contributed by atoms with E-state index in [1.807, 2.05) is 30.3 Å². The van der Waals surface area contributed by atoms with E-state index in [0.29, 0.717) is 11.8 Å². The van der Waals surface area contributed by atoms with E-state index in [-0.39, 0.29) is 23.7 Å². The lowest BCUT2D eigenvalue weighted by molar-refractivity contribution is 0.101. The van der Waals surface area contributed by atoms with Crippen LogP contribution in [-0.4, -0.2) is 15.7 Å². The number of hydrogen-bond acceptors (Lipinski definition) is 3. The highest BCUT2D eigenvalue weighted by atomic mass is 19.1. The summed E-state index contributed by atoms with van der Waals surface area (Å²) in [7, 11) is 0. The molecule has 1 N–H and O–H groups in total. The van der Waals surface area contributed by atoms with E-state index in [4.69, 9.17) is 4.74 Å². The molecule has 0 aliphatic rings. The number of rotatable bonds is 6. The van der Waals surface area contributed by atoms with Gasteiger partial charge in [0, 0.05) is 6.07 Å². The number of ether oxygens (including phenoxy) is 1. The minimum absolute atomic E-state index is 0.107. The largest absolute Gasteiger partial charge is 0.485 e. The van der Waals surface area contributed by atoms with Gasteiger partial charge in [0.25, 0.3) is 5.91 Å². The topological polar surface area (TPSA) is 56.2 Å². The maximum atomic E-state index is 14.0. The third kappa shape index (κ3) is 4.75. The molecule has 1 heterocycles. The Balaban J connectivity index is 1.64. The van der Waals surface area contributed by atoms with Gasteiger partial charge in [0.2, 0.25) is 0 Å². The van der Waals surface area contributed by atoms with Gasteiger partial charge >= 0.3 is 0 Å². The van der Waals surface area contributed by atoms with Crippen molar-refractivity contribution >= 4 is 11.6 Å². The third-order valence-corrected chi connectivity index (χ3v) is 4.40. The number of benzene rings is 3. The van der Waals surface area contributed by atoms with Gasteiger partial charge in [0.05, 0.1) is 17.6 Å². The molecule has 0 aliphatic heterocycles. The quantitative estimate of drug-likeness (QED) is 0.468. The monoisotopic (exact) mass is 423 g/mol. The average molecular weight is 423 g/mol. The van der Waals surface area contributed by atoms with Crippen LogP contribution in [0.1, 0.15) is 16.1 Å². The van der Waals surface area contributed by atoms with E-state index in [1.54, 1.807) is 0 Å². The normalized spacial score (nSPS) is 10.7. The van der Waals surface area contributed by atoms with Crippen molar-refractivity contribution in [3.05, 3.63) is 108 Å². The van der Waals surface area contributed by atoms with Gasteiger partial charge in [-0.15, -0.1) is 0 Å². The summed E-state index contributed by atoms with van der Waals surface area (Å²) in [4.78, 5) is 12.8. The third-order valence-electron chi connectivity index (χ3n) is 4.40. The summed E-state index contributed by atoms with van der Waals surface area (Å²) in [5.41, 5.74) is 1.06. The molecule has 0 saturated heterocycles. The Bertz CT molecular complexity index is 1210. The van der Waals surface area contributed by atoms with Gasteiger partial charge in [-0.25, -0.2) is 17.9 Å². The fourth-order valence-corrected chi connectivity index (χ4v) is 2.85. The van der Waals surface area contributed by atoms with Crippen molar-refractivity contribution in [2.45, 2.75) is 6.61 Å². The Kier molecular flexibility index (Phi) is 5.70. The second kappa shape index (κ2) is 8.74. The summed E-state index contributed by atoms with van der Waals surface area (Å²) < 4.78 is 47.5. The van der Waals surface area contributed by atoms with Crippen LogP contribution in [-0.2, 0) is 6.61 Å². The predicted molar refractivity (Wildman–Crippen MR) is 109 cm³/mol. The van der Waals surface area contributed by atoms with Crippen LogP contribution in [0.15, 0.2) is 79.0 Å². The second-order valence-corrected chi connectivity index (χ2v) is 6.62. The number of halogens is 3. The minimum atomic E-state index is -0.918. The zero-order valence-electron chi connectivity index (χ0n) is 16.1.